The molecule has 1 saturated carbocycles. The third-order valence-corrected chi connectivity index (χ3v) is 4.01. The molecule has 1 heterocycles. The summed E-state index contributed by atoms with van der Waals surface area (Å²) in [7, 11) is -1.45. The second kappa shape index (κ2) is 1.72. The summed E-state index contributed by atoms with van der Waals surface area (Å²) in [6, 6.07) is 0.444. The summed E-state index contributed by atoms with van der Waals surface area (Å²) < 4.78 is 26.1. The van der Waals surface area contributed by atoms with E-state index >= 15 is 0 Å². The molecule has 0 aromatic heterocycles. The Hall–Kier alpha value is -0.130. The van der Waals surface area contributed by atoms with E-state index in [0.29, 0.717) is 0 Å². The monoisotopic (exact) mass is 162 g/mol. The summed E-state index contributed by atoms with van der Waals surface area (Å²) in [6.07, 6.45) is 2.00. The van der Waals surface area contributed by atoms with Crippen LogP contribution in [-0.2, 0) is 10.2 Å². The fourth-order valence-corrected chi connectivity index (χ4v) is 2.94. The van der Waals surface area contributed by atoms with Gasteiger partial charge in [-0.1, -0.05) is 0 Å². The van der Waals surface area contributed by atoms with E-state index in [9.17, 15) is 8.42 Å². The lowest BCUT2D eigenvalue weighted by Gasteiger charge is -2.30. The van der Waals surface area contributed by atoms with E-state index < -0.39 is 10.2 Å². The lowest BCUT2D eigenvalue weighted by molar-refractivity contribution is 0.238. The zero-order chi connectivity index (χ0) is 7.35. The van der Waals surface area contributed by atoms with Gasteiger partial charge < -0.3 is 0 Å². The van der Waals surface area contributed by atoms with Crippen molar-refractivity contribution < 1.29 is 8.42 Å². The van der Waals surface area contributed by atoms with Gasteiger partial charge >= 0.3 is 0 Å². The molecule has 2 aliphatic rings. The molecule has 4 nitrogen and oxygen atoms in total. The molecular weight excluding hydrogens is 152 g/mol. The van der Waals surface area contributed by atoms with E-state index in [2.05, 4.69) is 4.72 Å². The van der Waals surface area contributed by atoms with E-state index in [0.717, 1.165) is 12.8 Å². The van der Waals surface area contributed by atoms with E-state index in [4.69, 9.17) is 0 Å². The van der Waals surface area contributed by atoms with Crippen LogP contribution in [0, 0.1) is 0 Å². The molecule has 58 valence electrons. The number of hydrogen-bond acceptors (Lipinski definition) is 2. The van der Waals surface area contributed by atoms with Crippen LogP contribution >= 0.6 is 0 Å². The first-order valence-electron chi connectivity index (χ1n) is 3.36. The van der Waals surface area contributed by atoms with Gasteiger partial charge in [0.25, 0.3) is 10.2 Å². The fraction of sp³-hybridized carbons (Fsp3) is 1.00. The molecule has 0 radical (unpaired) electrons. The highest BCUT2D eigenvalue weighted by molar-refractivity contribution is 7.87. The Kier molecular flexibility index (Phi) is 1.13. The third kappa shape index (κ3) is 0.652. The molecule has 0 spiro atoms. The zero-order valence-corrected chi connectivity index (χ0v) is 6.56. The SMILES string of the molecule is CN1[C@H]2CCC2NS1(=O)=O. The minimum Gasteiger partial charge on any atom is -0.197 e. The smallest absolute Gasteiger partial charge is 0.197 e. The molecule has 1 saturated heterocycles. The number of fused-ring (bicyclic) bond motifs is 1. The van der Waals surface area contributed by atoms with Crippen molar-refractivity contribution in [3.63, 3.8) is 0 Å². The van der Waals surface area contributed by atoms with Crippen molar-refractivity contribution in [2.24, 2.45) is 0 Å². The molecule has 1 aliphatic heterocycles. The predicted molar refractivity (Wildman–Crippen MR) is 36.6 cm³/mol. The average Bonchev–Trinajstić information content (AvgIpc) is 1.91. The highest BCUT2D eigenvalue weighted by atomic mass is 32.2. The molecule has 1 N–H and O–H groups in total. The normalized spacial score (nSPS) is 44.5. The predicted octanol–water partition coefficient (Wildman–Crippen LogP) is -0.703. The molecule has 2 atom stereocenters. The van der Waals surface area contributed by atoms with Crippen molar-refractivity contribution in [3.05, 3.63) is 0 Å². The van der Waals surface area contributed by atoms with Crippen LogP contribution in [0.3, 0.4) is 0 Å². The molecule has 0 amide bonds. The first kappa shape index (κ1) is 6.57. The number of likely N-dealkylation sites (N-methyl/N-ethyl adjacent to an activating group) is 1. The quantitative estimate of drug-likeness (QED) is 0.512. The van der Waals surface area contributed by atoms with Crippen molar-refractivity contribution in [3.8, 4) is 0 Å². The molecule has 1 aliphatic carbocycles. The van der Waals surface area contributed by atoms with Gasteiger partial charge in [-0.3, -0.25) is 0 Å². The van der Waals surface area contributed by atoms with Crippen LogP contribution in [0.2, 0.25) is 0 Å². The molecule has 5 heteroatoms. The molecule has 1 unspecified atom stereocenters. The Morgan fingerprint density at radius 3 is 2.40 bits per heavy atom. The molecule has 10 heavy (non-hydrogen) atoms. The number of rotatable bonds is 0. The van der Waals surface area contributed by atoms with Crippen LogP contribution in [-0.4, -0.2) is 31.9 Å². The molecule has 0 bridgehead atoms. The molecule has 2 fully saturated rings. The van der Waals surface area contributed by atoms with Gasteiger partial charge in [0.15, 0.2) is 0 Å². The Balaban J connectivity index is 2.32. The summed E-state index contributed by atoms with van der Waals surface area (Å²) in [4.78, 5) is 0. The molecule has 0 aromatic rings. The molecule has 2 rings (SSSR count). The lowest BCUT2D eigenvalue weighted by atomic mass is 9.88. The number of nitrogens with one attached hydrogen (secondary N) is 1. The van der Waals surface area contributed by atoms with Crippen molar-refractivity contribution in [2.75, 3.05) is 7.05 Å². The van der Waals surface area contributed by atoms with Gasteiger partial charge in [0.05, 0.1) is 0 Å². The van der Waals surface area contributed by atoms with Gasteiger partial charge in [-0.15, -0.1) is 0 Å². The number of nitrogens with zero attached hydrogens (tertiary/aromatic N) is 1. The van der Waals surface area contributed by atoms with Gasteiger partial charge in [0.1, 0.15) is 0 Å². The first-order valence-corrected chi connectivity index (χ1v) is 4.80. The minimum atomic E-state index is -3.08. The standard InChI is InChI=1S/C5H10N2O2S/c1-7-5-3-2-4(5)6-10(7,8)9/h4-6H,2-3H2,1H3/t4?,5-/m0/s1. The van der Waals surface area contributed by atoms with Crippen molar-refractivity contribution in [1.82, 2.24) is 9.03 Å². The molecular formula is C5H10N2O2S. The Bertz CT molecular complexity index is 248. The van der Waals surface area contributed by atoms with Gasteiger partial charge in [-0.25, -0.2) is 0 Å². The van der Waals surface area contributed by atoms with E-state index in [1.54, 1.807) is 7.05 Å². The molecule has 0 aromatic carbocycles. The Labute approximate surface area is 60.4 Å². The van der Waals surface area contributed by atoms with Crippen LogP contribution in [0.4, 0.5) is 0 Å². The van der Waals surface area contributed by atoms with E-state index in [1.807, 2.05) is 0 Å². The second-order valence-electron chi connectivity index (χ2n) is 2.89. The van der Waals surface area contributed by atoms with Gasteiger partial charge in [0.2, 0.25) is 0 Å². The highest BCUT2D eigenvalue weighted by Crippen LogP contribution is 2.31. The van der Waals surface area contributed by atoms with Crippen LogP contribution < -0.4 is 4.72 Å². The van der Waals surface area contributed by atoms with Crippen molar-refractivity contribution in [2.45, 2.75) is 24.9 Å². The van der Waals surface area contributed by atoms with Crippen LogP contribution in [0.1, 0.15) is 12.8 Å². The van der Waals surface area contributed by atoms with Crippen LogP contribution in [0.15, 0.2) is 0 Å². The second-order valence-corrected chi connectivity index (χ2v) is 4.65. The Morgan fingerprint density at radius 1 is 1.50 bits per heavy atom. The van der Waals surface area contributed by atoms with Gasteiger partial charge in [-0.2, -0.15) is 17.4 Å². The maximum Gasteiger partial charge on any atom is 0.279 e. The average molecular weight is 162 g/mol. The topological polar surface area (TPSA) is 49.4 Å². The van der Waals surface area contributed by atoms with Crippen LogP contribution in [0.25, 0.3) is 0 Å². The fourth-order valence-electron chi connectivity index (χ4n) is 1.51. The first-order chi connectivity index (χ1) is 4.61. The summed E-state index contributed by atoms with van der Waals surface area (Å²) >= 11 is 0. The lowest BCUT2D eigenvalue weighted by Crippen LogP contribution is -2.43. The maximum absolute atomic E-state index is 11.0. The van der Waals surface area contributed by atoms with Crippen molar-refractivity contribution in [1.29, 1.82) is 0 Å². The maximum atomic E-state index is 11.0. The van der Waals surface area contributed by atoms with Gasteiger partial charge in [-0.05, 0) is 12.8 Å². The zero-order valence-electron chi connectivity index (χ0n) is 5.74. The summed E-state index contributed by atoms with van der Waals surface area (Å²) in [5.74, 6) is 0. The van der Waals surface area contributed by atoms with E-state index in [-0.39, 0.29) is 12.1 Å². The summed E-state index contributed by atoms with van der Waals surface area (Å²) in [5.41, 5.74) is 0. The van der Waals surface area contributed by atoms with Gasteiger partial charge in [0, 0.05) is 19.1 Å². The minimum absolute atomic E-state index is 0.204. The number of hydrogen-bond donors (Lipinski definition) is 1. The third-order valence-electron chi connectivity index (χ3n) is 2.38. The summed E-state index contributed by atoms with van der Waals surface area (Å²) in [5, 5.41) is 0. The largest absolute Gasteiger partial charge is 0.279 e. The van der Waals surface area contributed by atoms with E-state index in [1.165, 1.54) is 4.31 Å². The van der Waals surface area contributed by atoms with Crippen LogP contribution in [0.5, 0.6) is 0 Å². The highest BCUT2D eigenvalue weighted by Gasteiger charge is 2.47. The Morgan fingerprint density at radius 2 is 2.20 bits per heavy atom. The van der Waals surface area contributed by atoms with Crippen molar-refractivity contribution >= 4 is 10.2 Å². The summed E-state index contributed by atoms with van der Waals surface area (Å²) in [6.45, 7) is 0.